The normalized spacial score (nSPS) is 27.9. The number of benzene rings is 2. The van der Waals surface area contributed by atoms with Crippen LogP contribution in [0.2, 0.25) is 0 Å². The van der Waals surface area contributed by atoms with Gasteiger partial charge in [0.15, 0.2) is 0 Å². The van der Waals surface area contributed by atoms with Gasteiger partial charge >= 0.3 is 5.97 Å². The minimum atomic E-state index is -0.690. The predicted octanol–water partition coefficient (Wildman–Crippen LogP) is 3.79. The standard InChI is InChI=1S/C29H34N2O5S/c1-3-15-30(21-12-11-19-9-5-6-10-20(19)18-21)27(34)25-29-14-13-22(37-29)23(28(35)36-4-2)24(29)26(33)31(25)16-7-8-17-32/h3,5-6,9-12,18,22-25,32H,1,4,7-8,13-17H2,2H3/t22-,23+,24+,25?,29?/m1/s1. The molecule has 0 aliphatic carbocycles. The Kier molecular flexibility index (Phi) is 7.32. The molecule has 7 nitrogen and oxygen atoms in total. The van der Waals surface area contributed by atoms with Gasteiger partial charge in [0.2, 0.25) is 5.91 Å². The molecule has 5 atom stereocenters. The highest BCUT2D eigenvalue weighted by Crippen LogP contribution is 2.66. The van der Waals surface area contributed by atoms with E-state index in [1.807, 2.05) is 42.5 Å². The van der Waals surface area contributed by atoms with Gasteiger partial charge in [-0.15, -0.1) is 18.3 Å². The summed E-state index contributed by atoms with van der Waals surface area (Å²) in [4.78, 5) is 44.9. The average molecular weight is 523 g/mol. The van der Waals surface area contributed by atoms with Crippen LogP contribution in [-0.4, -0.2) is 70.1 Å². The number of likely N-dealkylation sites (tertiary alicyclic amines) is 1. The van der Waals surface area contributed by atoms with E-state index < -0.39 is 22.6 Å². The van der Waals surface area contributed by atoms with Crippen molar-refractivity contribution in [2.24, 2.45) is 11.8 Å². The van der Waals surface area contributed by atoms with Gasteiger partial charge in [0.25, 0.3) is 5.91 Å². The van der Waals surface area contributed by atoms with Crippen molar-refractivity contribution in [3.8, 4) is 0 Å². The van der Waals surface area contributed by atoms with E-state index in [1.165, 1.54) is 0 Å². The summed E-state index contributed by atoms with van der Waals surface area (Å²) >= 11 is 1.64. The van der Waals surface area contributed by atoms with E-state index in [0.29, 0.717) is 32.4 Å². The topological polar surface area (TPSA) is 87.2 Å². The molecule has 2 amide bonds. The van der Waals surface area contributed by atoms with Crippen LogP contribution in [0.4, 0.5) is 5.69 Å². The number of fused-ring (bicyclic) bond motifs is 2. The lowest BCUT2D eigenvalue weighted by molar-refractivity contribution is -0.153. The number of carbonyl (C=O) groups excluding carboxylic acids is 3. The zero-order valence-corrected chi connectivity index (χ0v) is 22.0. The highest BCUT2D eigenvalue weighted by Gasteiger charge is 2.74. The first-order valence-electron chi connectivity index (χ1n) is 13.1. The van der Waals surface area contributed by atoms with Crippen molar-refractivity contribution >= 4 is 46.0 Å². The molecule has 1 N–H and O–H groups in total. The van der Waals surface area contributed by atoms with Gasteiger partial charge in [0.1, 0.15) is 6.04 Å². The fourth-order valence-electron chi connectivity index (χ4n) is 6.52. The van der Waals surface area contributed by atoms with E-state index in [2.05, 4.69) is 6.58 Å². The van der Waals surface area contributed by atoms with E-state index in [0.717, 1.165) is 22.9 Å². The quantitative estimate of drug-likeness (QED) is 0.290. The molecule has 3 fully saturated rings. The van der Waals surface area contributed by atoms with Crippen molar-refractivity contribution in [3.63, 3.8) is 0 Å². The fraction of sp³-hybridized carbons (Fsp3) is 0.483. The van der Waals surface area contributed by atoms with Crippen molar-refractivity contribution in [1.82, 2.24) is 4.90 Å². The number of rotatable bonds is 10. The molecular weight excluding hydrogens is 488 g/mol. The molecule has 3 aliphatic heterocycles. The monoisotopic (exact) mass is 522 g/mol. The van der Waals surface area contributed by atoms with Crippen LogP contribution in [-0.2, 0) is 19.1 Å². The SMILES string of the molecule is C=CCN(C(=O)C1N(CCCCO)C(=O)[C@@H]2[C@@H](C(=O)OCC)[C@H]3CCC12S3)c1ccc2ccccc2c1. The molecule has 0 radical (unpaired) electrons. The van der Waals surface area contributed by atoms with E-state index in [4.69, 9.17) is 4.74 Å². The summed E-state index contributed by atoms with van der Waals surface area (Å²) in [5.74, 6) is -1.71. The van der Waals surface area contributed by atoms with Crippen LogP contribution in [0, 0.1) is 11.8 Å². The molecule has 2 unspecified atom stereocenters. The minimum absolute atomic E-state index is 0.0172. The number of ether oxygens (including phenoxy) is 1. The molecule has 37 heavy (non-hydrogen) atoms. The summed E-state index contributed by atoms with van der Waals surface area (Å²) in [6.07, 6.45) is 4.32. The van der Waals surface area contributed by atoms with E-state index in [1.54, 1.807) is 34.6 Å². The first kappa shape index (κ1) is 25.8. The molecule has 2 bridgehead atoms. The molecule has 1 spiro atoms. The molecule has 3 saturated heterocycles. The average Bonchev–Trinajstić information content (AvgIpc) is 3.54. The number of carbonyl (C=O) groups is 3. The number of hydrogen-bond donors (Lipinski definition) is 1. The number of unbranched alkanes of at least 4 members (excludes halogenated alkanes) is 1. The number of thioether (sulfide) groups is 1. The van der Waals surface area contributed by atoms with Crippen LogP contribution in [0.15, 0.2) is 55.1 Å². The second-order valence-electron chi connectivity index (χ2n) is 10.0. The minimum Gasteiger partial charge on any atom is -0.466 e. The molecule has 2 aromatic carbocycles. The molecule has 8 heteroatoms. The van der Waals surface area contributed by atoms with Crippen molar-refractivity contribution in [2.45, 2.75) is 48.6 Å². The zero-order valence-electron chi connectivity index (χ0n) is 21.2. The summed E-state index contributed by atoms with van der Waals surface area (Å²) in [6.45, 7) is 6.63. The van der Waals surface area contributed by atoms with E-state index >= 15 is 0 Å². The van der Waals surface area contributed by atoms with Gasteiger partial charge in [-0.05, 0) is 55.5 Å². The van der Waals surface area contributed by atoms with Gasteiger partial charge in [0, 0.05) is 30.6 Å². The Hall–Kier alpha value is -2.84. The maximum Gasteiger partial charge on any atom is 0.310 e. The largest absolute Gasteiger partial charge is 0.466 e. The lowest BCUT2D eigenvalue weighted by Crippen LogP contribution is -2.55. The van der Waals surface area contributed by atoms with Crippen molar-refractivity contribution in [2.75, 3.05) is 31.2 Å². The molecule has 196 valence electrons. The van der Waals surface area contributed by atoms with Gasteiger partial charge in [-0.3, -0.25) is 14.4 Å². The number of esters is 1. The number of aliphatic hydroxyl groups is 1. The summed E-state index contributed by atoms with van der Waals surface area (Å²) < 4.78 is 4.73. The summed E-state index contributed by atoms with van der Waals surface area (Å²) in [6, 6.07) is 13.2. The Morgan fingerprint density at radius 3 is 2.76 bits per heavy atom. The third-order valence-corrected chi connectivity index (χ3v) is 9.97. The lowest BCUT2D eigenvalue weighted by atomic mass is 9.71. The van der Waals surface area contributed by atoms with Gasteiger partial charge in [-0.2, -0.15) is 0 Å². The van der Waals surface area contributed by atoms with Gasteiger partial charge < -0.3 is 19.6 Å². The first-order chi connectivity index (χ1) is 18.0. The predicted molar refractivity (Wildman–Crippen MR) is 145 cm³/mol. The molecule has 3 heterocycles. The Labute approximate surface area is 221 Å². The number of nitrogens with zero attached hydrogens (tertiary/aromatic N) is 2. The Morgan fingerprint density at radius 1 is 1.24 bits per heavy atom. The number of amides is 2. The number of hydrogen-bond acceptors (Lipinski definition) is 6. The van der Waals surface area contributed by atoms with Gasteiger partial charge in [0.05, 0.1) is 23.2 Å². The number of aliphatic hydroxyl groups excluding tert-OH is 1. The lowest BCUT2D eigenvalue weighted by Gasteiger charge is -2.37. The van der Waals surface area contributed by atoms with Crippen LogP contribution < -0.4 is 4.90 Å². The Bertz CT molecular complexity index is 1220. The first-order valence-corrected chi connectivity index (χ1v) is 14.0. The highest BCUT2D eigenvalue weighted by molar-refractivity contribution is 8.02. The highest BCUT2D eigenvalue weighted by atomic mass is 32.2. The Morgan fingerprint density at radius 2 is 2.03 bits per heavy atom. The zero-order chi connectivity index (χ0) is 26.2. The molecular formula is C29H34N2O5S. The van der Waals surface area contributed by atoms with Crippen molar-refractivity contribution in [3.05, 3.63) is 55.1 Å². The van der Waals surface area contributed by atoms with Crippen LogP contribution >= 0.6 is 11.8 Å². The number of anilines is 1. The van der Waals surface area contributed by atoms with E-state index in [9.17, 15) is 19.5 Å². The third kappa shape index (κ3) is 4.24. The second-order valence-corrected chi connectivity index (χ2v) is 11.6. The fourth-order valence-corrected chi connectivity index (χ4v) is 8.72. The molecule has 5 rings (SSSR count). The van der Waals surface area contributed by atoms with Crippen molar-refractivity contribution in [1.29, 1.82) is 0 Å². The van der Waals surface area contributed by atoms with Gasteiger partial charge in [-0.25, -0.2) is 0 Å². The van der Waals surface area contributed by atoms with Gasteiger partial charge in [-0.1, -0.05) is 36.4 Å². The Balaban J connectivity index is 1.55. The third-order valence-electron chi connectivity index (χ3n) is 8.02. The van der Waals surface area contributed by atoms with Crippen LogP contribution in [0.5, 0.6) is 0 Å². The van der Waals surface area contributed by atoms with Crippen LogP contribution in [0.25, 0.3) is 10.8 Å². The van der Waals surface area contributed by atoms with Crippen molar-refractivity contribution < 1.29 is 24.2 Å². The smallest absolute Gasteiger partial charge is 0.310 e. The summed E-state index contributed by atoms with van der Waals surface area (Å²) in [5.41, 5.74) is 0.755. The maximum atomic E-state index is 14.5. The summed E-state index contributed by atoms with van der Waals surface area (Å²) in [7, 11) is 0. The van der Waals surface area contributed by atoms with Crippen LogP contribution in [0.1, 0.15) is 32.6 Å². The molecule has 2 aromatic rings. The van der Waals surface area contributed by atoms with E-state index in [-0.39, 0.29) is 36.2 Å². The maximum absolute atomic E-state index is 14.5. The second kappa shape index (κ2) is 10.5. The molecule has 3 aliphatic rings. The van der Waals surface area contributed by atoms with Crippen LogP contribution in [0.3, 0.4) is 0 Å². The summed E-state index contributed by atoms with van der Waals surface area (Å²) in [5, 5.41) is 11.5. The molecule has 0 saturated carbocycles. The molecule has 0 aromatic heterocycles.